The first kappa shape index (κ1) is 19.9. The summed E-state index contributed by atoms with van der Waals surface area (Å²) in [6.45, 7) is 7.49. The summed E-state index contributed by atoms with van der Waals surface area (Å²) in [7, 11) is 1.55. The summed E-state index contributed by atoms with van der Waals surface area (Å²) < 4.78 is 15.7. The third-order valence-corrected chi connectivity index (χ3v) is 2.59. The molecule has 0 radical (unpaired) electrons. The van der Waals surface area contributed by atoms with Crippen molar-refractivity contribution in [3.63, 3.8) is 0 Å². The number of amides is 1. The second-order valence-corrected chi connectivity index (χ2v) is 5.78. The van der Waals surface area contributed by atoms with Crippen LogP contribution in [-0.4, -0.2) is 49.5 Å². The van der Waals surface area contributed by atoms with Crippen molar-refractivity contribution in [3.05, 3.63) is 12.2 Å². The first-order valence-electron chi connectivity index (χ1n) is 7.16. The van der Waals surface area contributed by atoms with Crippen LogP contribution in [0.1, 0.15) is 40.5 Å². The van der Waals surface area contributed by atoms with Crippen LogP contribution in [0.4, 0.5) is 4.79 Å². The van der Waals surface area contributed by atoms with Crippen molar-refractivity contribution < 1.29 is 24.1 Å². The molecule has 0 aliphatic rings. The molecule has 0 aromatic carbocycles. The Morgan fingerprint density at radius 1 is 1.33 bits per heavy atom. The van der Waals surface area contributed by atoms with E-state index in [1.54, 1.807) is 13.2 Å². The van der Waals surface area contributed by atoms with Crippen LogP contribution >= 0.6 is 0 Å². The zero-order valence-corrected chi connectivity index (χ0v) is 13.7. The number of aliphatic hydroxyl groups is 1. The van der Waals surface area contributed by atoms with Crippen molar-refractivity contribution in [1.82, 2.24) is 5.32 Å². The SMILES string of the molecule is COCO[C@@H](CC/C=C/CO)[C@H](C)NC(=O)OC(C)(C)C. The zero-order valence-electron chi connectivity index (χ0n) is 13.7. The van der Waals surface area contributed by atoms with Crippen molar-refractivity contribution in [1.29, 1.82) is 0 Å². The molecule has 2 N–H and O–H groups in total. The molecule has 124 valence electrons. The third kappa shape index (κ3) is 11.2. The molecule has 0 spiro atoms. The minimum absolute atomic E-state index is 0.0231. The molecule has 0 unspecified atom stereocenters. The van der Waals surface area contributed by atoms with Gasteiger partial charge in [0.05, 0.1) is 18.8 Å². The quantitative estimate of drug-likeness (QED) is 0.504. The van der Waals surface area contributed by atoms with Crippen molar-refractivity contribution in [3.8, 4) is 0 Å². The summed E-state index contributed by atoms with van der Waals surface area (Å²) >= 11 is 0. The van der Waals surface area contributed by atoms with Gasteiger partial charge < -0.3 is 24.6 Å². The summed E-state index contributed by atoms with van der Waals surface area (Å²) in [5.74, 6) is 0. The molecule has 6 heteroatoms. The van der Waals surface area contributed by atoms with E-state index >= 15 is 0 Å². The highest BCUT2D eigenvalue weighted by Crippen LogP contribution is 2.11. The van der Waals surface area contributed by atoms with Gasteiger partial charge in [-0.2, -0.15) is 0 Å². The summed E-state index contributed by atoms with van der Waals surface area (Å²) in [5.41, 5.74) is -0.531. The van der Waals surface area contributed by atoms with E-state index in [1.807, 2.05) is 33.8 Å². The van der Waals surface area contributed by atoms with Crippen LogP contribution in [0.15, 0.2) is 12.2 Å². The Morgan fingerprint density at radius 3 is 2.52 bits per heavy atom. The molecule has 0 aromatic heterocycles. The number of ether oxygens (including phenoxy) is 3. The van der Waals surface area contributed by atoms with E-state index in [9.17, 15) is 4.79 Å². The maximum Gasteiger partial charge on any atom is 0.407 e. The molecule has 0 aromatic rings. The molecule has 0 fully saturated rings. The van der Waals surface area contributed by atoms with Crippen LogP contribution in [0.2, 0.25) is 0 Å². The molecule has 0 saturated carbocycles. The van der Waals surface area contributed by atoms with Gasteiger partial charge >= 0.3 is 6.09 Å². The van der Waals surface area contributed by atoms with Gasteiger partial charge in [0.2, 0.25) is 0 Å². The van der Waals surface area contributed by atoms with Crippen molar-refractivity contribution >= 4 is 6.09 Å². The van der Waals surface area contributed by atoms with Crippen molar-refractivity contribution in [2.24, 2.45) is 0 Å². The second kappa shape index (κ2) is 10.6. The number of methoxy groups -OCH3 is 1. The number of hydrogen-bond donors (Lipinski definition) is 2. The highest BCUT2D eigenvalue weighted by atomic mass is 16.7. The highest BCUT2D eigenvalue weighted by molar-refractivity contribution is 5.68. The molecule has 2 atom stereocenters. The molecule has 0 rings (SSSR count). The second-order valence-electron chi connectivity index (χ2n) is 5.78. The van der Waals surface area contributed by atoms with Crippen LogP contribution in [0.25, 0.3) is 0 Å². The molecule has 0 saturated heterocycles. The van der Waals surface area contributed by atoms with Crippen LogP contribution in [0.3, 0.4) is 0 Å². The van der Waals surface area contributed by atoms with Crippen LogP contribution < -0.4 is 5.32 Å². The first-order chi connectivity index (χ1) is 9.80. The lowest BCUT2D eigenvalue weighted by atomic mass is 10.1. The van der Waals surface area contributed by atoms with Gasteiger partial charge in [0, 0.05) is 7.11 Å². The summed E-state index contributed by atoms with van der Waals surface area (Å²) in [5, 5.41) is 11.5. The average Bonchev–Trinajstić information content (AvgIpc) is 2.35. The van der Waals surface area contributed by atoms with E-state index in [1.165, 1.54) is 0 Å². The Balaban J connectivity index is 4.38. The van der Waals surface area contributed by atoms with Crippen molar-refractivity contribution in [2.45, 2.75) is 58.3 Å². The molecule has 0 aliphatic carbocycles. The lowest BCUT2D eigenvalue weighted by Gasteiger charge is -2.26. The van der Waals surface area contributed by atoms with Gasteiger partial charge in [-0.3, -0.25) is 0 Å². The van der Waals surface area contributed by atoms with Gasteiger partial charge in [0.25, 0.3) is 0 Å². The van der Waals surface area contributed by atoms with Crippen LogP contribution in [0, 0.1) is 0 Å². The topological polar surface area (TPSA) is 77.0 Å². The van der Waals surface area contributed by atoms with Crippen LogP contribution in [0.5, 0.6) is 0 Å². The summed E-state index contributed by atoms with van der Waals surface area (Å²) in [4.78, 5) is 11.8. The number of carbonyl (C=O) groups excluding carboxylic acids is 1. The fourth-order valence-electron chi connectivity index (χ4n) is 1.67. The van der Waals surface area contributed by atoms with Gasteiger partial charge in [0.15, 0.2) is 0 Å². The fraction of sp³-hybridized carbons (Fsp3) is 0.800. The average molecular weight is 303 g/mol. The maximum absolute atomic E-state index is 11.8. The molecule has 0 aliphatic heterocycles. The summed E-state index contributed by atoms with van der Waals surface area (Å²) in [6, 6.07) is -0.211. The smallest absolute Gasteiger partial charge is 0.407 e. The zero-order chi connectivity index (χ0) is 16.3. The van der Waals surface area contributed by atoms with Gasteiger partial charge in [-0.25, -0.2) is 4.79 Å². The highest BCUT2D eigenvalue weighted by Gasteiger charge is 2.22. The number of aliphatic hydroxyl groups excluding tert-OH is 1. The summed E-state index contributed by atoms with van der Waals surface area (Å²) in [6.07, 6.45) is 4.35. The fourth-order valence-corrected chi connectivity index (χ4v) is 1.67. The number of allylic oxidation sites excluding steroid dienone is 1. The minimum Gasteiger partial charge on any atom is -0.444 e. The number of alkyl carbamates (subject to hydrolysis) is 1. The normalized spacial score (nSPS) is 15.0. The van der Waals surface area contributed by atoms with E-state index in [4.69, 9.17) is 19.3 Å². The Bertz CT molecular complexity index is 312. The Kier molecular flexibility index (Phi) is 10.0. The predicted octanol–water partition coefficient (Wildman–Crippen LogP) is 2.22. The molecular weight excluding hydrogens is 274 g/mol. The molecule has 6 nitrogen and oxygen atoms in total. The van der Waals surface area contributed by atoms with Gasteiger partial charge in [-0.15, -0.1) is 0 Å². The van der Waals surface area contributed by atoms with E-state index in [2.05, 4.69) is 5.32 Å². The predicted molar refractivity (Wildman–Crippen MR) is 81.0 cm³/mol. The molecule has 1 amide bonds. The van der Waals surface area contributed by atoms with E-state index in [0.29, 0.717) is 6.42 Å². The van der Waals surface area contributed by atoms with E-state index in [-0.39, 0.29) is 25.5 Å². The number of hydrogen-bond acceptors (Lipinski definition) is 5. The standard InChI is InChI=1S/C15H29NO5/c1-12(16-14(18)21-15(2,3)4)13(20-11-19-5)9-7-6-8-10-17/h6,8,12-13,17H,7,9-11H2,1-5H3,(H,16,18)/b8-6+/t12-,13-/m0/s1. The van der Waals surface area contributed by atoms with E-state index < -0.39 is 11.7 Å². The number of nitrogens with one attached hydrogen (secondary N) is 1. The monoisotopic (exact) mass is 303 g/mol. The van der Waals surface area contributed by atoms with Gasteiger partial charge in [0.1, 0.15) is 12.4 Å². The number of carbonyl (C=O) groups is 1. The molecule has 0 bridgehead atoms. The molecular formula is C15H29NO5. The van der Waals surface area contributed by atoms with Crippen LogP contribution in [-0.2, 0) is 14.2 Å². The third-order valence-electron chi connectivity index (χ3n) is 2.59. The first-order valence-corrected chi connectivity index (χ1v) is 7.16. The number of rotatable bonds is 9. The van der Waals surface area contributed by atoms with Gasteiger partial charge in [-0.05, 0) is 40.5 Å². The Morgan fingerprint density at radius 2 is 2.00 bits per heavy atom. The Hall–Kier alpha value is -1.11. The largest absolute Gasteiger partial charge is 0.444 e. The minimum atomic E-state index is -0.531. The Labute approximate surface area is 127 Å². The maximum atomic E-state index is 11.8. The van der Waals surface area contributed by atoms with Gasteiger partial charge in [-0.1, -0.05) is 12.2 Å². The van der Waals surface area contributed by atoms with E-state index in [0.717, 1.165) is 6.42 Å². The molecule has 21 heavy (non-hydrogen) atoms. The molecule has 0 heterocycles. The van der Waals surface area contributed by atoms with Crippen molar-refractivity contribution in [2.75, 3.05) is 20.5 Å². The lowest BCUT2D eigenvalue weighted by molar-refractivity contribution is -0.0837. The lowest BCUT2D eigenvalue weighted by Crippen LogP contribution is -2.44.